The first-order valence-corrected chi connectivity index (χ1v) is 19.7. The molecule has 0 bridgehead atoms. The van der Waals surface area contributed by atoms with Gasteiger partial charge in [-0.3, -0.25) is 0 Å². The smallest absolute Gasteiger partial charge is 0.161 e. The maximum atomic E-state index is 5.42. The number of aromatic nitrogens is 2. The largest absolute Gasteiger partial charge is 0.228 e. The summed E-state index contributed by atoms with van der Waals surface area (Å²) in [4.78, 5) is 10.8. The number of hydrogen-bond donors (Lipinski definition) is 0. The van der Waals surface area contributed by atoms with Crippen molar-refractivity contribution < 1.29 is 0 Å². The molecule has 2 nitrogen and oxygen atoms in total. The molecule has 0 atom stereocenters. The fourth-order valence-corrected chi connectivity index (χ4v) is 9.38. The van der Waals surface area contributed by atoms with Gasteiger partial charge in [-0.2, -0.15) is 0 Å². The summed E-state index contributed by atoms with van der Waals surface area (Å²) in [5.74, 6) is 0.707. The molecule has 0 unspecified atom stereocenters. The third-order valence-electron chi connectivity index (χ3n) is 12.1. The van der Waals surface area contributed by atoms with Crippen LogP contribution >= 0.6 is 0 Å². The number of nitrogens with zero attached hydrogens (tertiary/aromatic N) is 2. The van der Waals surface area contributed by atoms with E-state index in [2.05, 4.69) is 208 Å². The van der Waals surface area contributed by atoms with Gasteiger partial charge in [-0.05, 0) is 95.0 Å². The summed E-state index contributed by atoms with van der Waals surface area (Å²) in [5, 5.41) is 7.29. The number of benzene rings is 9. The molecule has 1 heterocycles. The van der Waals surface area contributed by atoms with Crippen LogP contribution in [0.4, 0.5) is 0 Å². The Labute approximate surface area is 332 Å². The van der Waals surface area contributed by atoms with Gasteiger partial charge in [0.05, 0.1) is 11.4 Å². The van der Waals surface area contributed by atoms with Crippen molar-refractivity contribution in [3.05, 3.63) is 205 Å². The molecule has 57 heavy (non-hydrogen) atoms. The minimum absolute atomic E-state index is 0.139. The molecular formula is C55H38N2. The van der Waals surface area contributed by atoms with E-state index in [1.54, 1.807) is 0 Å². The topological polar surface area (TPSA) is 25.8 Å². The van der Waals surface area contributed by atoms with E-state index >= 15 is 0 Å². The lowest BCUT2D eigenvalue weighted by molar-refractivity contribution is 0.666. The van der Waals surface area contributed by atoms with Gasteiger partial charge in [0.2, 0.25) is 0 Å². The zero-order chi connectivity index (χ0) is 38.1. The summed E-state index contributed by atoms with van der Waals surface area (Å²) < 4.78 is 0. The second kappa shape index (κ2) is 13.0. The van der Waals surface area contributed by atoms with Crippen molar-refractivity contribution in [2.45, 2.75) is 19.3 Å². The van der Waals surface area contributed by atoms with Gasteiger partial charge in [-0.25, -0.2) is 9.97 Å². The molecule has 0 spiro atoms. The Morgan fingerprint density at radius 3 is 1.67 bits per heavy atom. The minimum Gasteiger partial charge on any atom is -0.228 e. The van der Waals surface area contributed by atoms with Crippen LogP contribution in [0.15, 0.2) is 194 Å². The molecule has 1 aliphatic rings. The van der Waals surface area contributed by atoms with Gasteiger partial charge >= 0.3 is 0 Å². The minimum atomic E-state index is -0.139. The second-order valence-electron chi connectivity index (χ2n) is 15.7. The van der Waals surface area contributed by atoms with E-state index in [9.17, 15) is 0 Å². The van der Waals surface area contributed by atoms with Gasteiger partial charge in [0.25, 0.3) is 0 Å². The lowest BCUT2D eigenvalue weighted by atomic mass is 9.79. The number of rotatable bonds is 5. The number of hydrogen-bond acceptors (Lipinski definition) is 2. The van der Waals surface area contributed by atoms with E-state index in [0.717, 1.165) is 44.6 Å². The van der Waals surface area contributed by atoms with Crippen LogP contribution in [0.1, 0.15) is 25.0 Å². The van der Waals surface area contributed by atoms with Crippen molar-refractivity contribution >= 4 is 32.3 Å². The zero-order valence-corrected chi connectivity index (χ0v) is 31.9. The fraction of sp³-hybridized carbons (Fsp3) is 0.0545. The Kier molecular flexibility index (Phi) is 7.55. The van der Waals surface area contributed by atoms with Gasteiger partial charge < -0.3 is 0 Å². The standard InChI is InChI=1S/C55H38N2/c1-55(2)50-33-38(28-29-45(50)48-30-27-37-18-7-9-22-42(37)53(48)55)41-31-32-49(44-24-12-11-23-43(41)44)54-56-51(46-25-13-10-21-39(46)35-15-4-3-5-16-35)34-52(57-54)47-26-14-19-36-17-6-8-20-40(36)47/h3-34H,1-2H3. The fourth-order valence-electron chi connectivity index (χ4n) is 9.38. The first kappa shape index (κ1) is 33.2. The van der Waals surface area contributed by atoms with Crippen molar-refractivity contribution in [3.63, 3.8) is 0 Å². The second-order valence-corrected chi connectivity index (χ2v) is 15.7. The molecule has 2 heteroatoms. The third kappa shape index (κ3) is 5.33. The van der Waals surface area contributed by atoms with E-state index in [-0.39, 0.29) is 5.41 Å². The highest BCUT2D eigenvalue weighted by Crippen LogP contribution is 2.52. The van der Waals surface area contributed by atoms with Crippen molar-refractivity contribution in [3.8, 4) is 67.3 Å². The number of fused-ring (bicyclic) bond motifs is 7. The van der Waals surface area contributed by atoms with Crippen LogP contribution in [0.5, 0.6) is 0 Å². The molecule has 0 fully saturated rings. The van der Waals surface area contributed by atoms with E-state index in [0.29, 0.717) is 5.82 Å². The monoisotopic (exact) mass is 726 g/mol. The summed E-state index contributed by atoms with van der Waals surface area (Å²) in [6.07, 6.45) is 0. The molecule has 0 saturated heterocycles. The summed E-state index contributed by atoms with van der Waals surface area (Å²) in [6.45, 7) is 4.76. The average molecular weight is 727 g/mol. The van der Waals surface area contributed by atoms with Crippen molar-refractivity contribution in [2.75, 3.05) is 0 Å². The van der Waals surface area contributed by atoms with Gasteiger partial charge in [0.1, 0.15) is 0 Å². The van der Waals surface area contributed by atoms with E-state index in [1.165, 1.54) is 60.3 Å². The SMILES string of the molecule is CC1(C)c2cc(-c3ccc(-c4nc(-c5ccccc5-c5ccccc5)cc(-c5cccc6ccccc56)n4)c4ccccc34)ccc2-c2ccc3ccccc3c21. The van der Waals surface area contributed by atoms with Crippen molar-refractivity contribution in [1.29, 1.82) is 0 Å². The quantitative estimate of drug-likeness (QED) is 0.176. The highest BCUT2D eigenvalue weighted by molar-refractivity contribution is 6.06. The van der Waals surface area contributed by atoms with E-state index < -0.39 is 0 Å². The summed E-state index contributed by atoms with van der Waals surface area (Å²) in [5.41, 5.74) is 15.0. The van der Waals surface area contributed by atoms with E-state index in [4.69, 9.17) is 9.97 Å². The van der Waals surface area contributed by atoms with Gasteiger partial charge in [-0.1, -0.05) is 190 Å². The normalized spacial score (nSPS) is 12.9. The van der Waals surface area contributed by atoms with E-state index in [1.807, 2.05) is 0 Å². The third-order valence-corrected chi connectivity index (χ3v) is 12.1. The lowest BCUT2D eigenvalue weighted by Gasteiger charge is -2.24. The maximum Gasteiger partial charge on any atom is 0.161 e. The molecule has 0 aliphatic heterocycles. The first-order valence-electron chi connectivity index (χ1n) is 19.7. The first-order chi connectivity index (χ1) is 28.0. The van der Waals surface area contributed by atoms with Crippen molar-refractivity contribution in [1.82, 2.24) is 9.97 Å². The summed E-state index contributed by atoms with van der Waals surface area (Å²) >= 11 is 0. The van der Waals surface area contributed by atoms with Crippen LogP contribution in [-0.4, -0.2) is 9.97 Å². The Balaban J connectivity index is 1.10. The lowest BCUT2D eigenvalue weighted by Crippen LogP contribution is -2.15. The van der Waals surface area contributed by atoms with Crippen LogP contribution in [-0.2, 0) is 5.41 Å². The molecule has 0 saturated carbocycles. The highest BCUT2D eigenvalue weighted by Gasteiger charge is 2.37. The Morgan fingerprint density at radius 1 is 0.333 bits per heavy atom. The van der Waals surface area contributed by atoms with Gasteiger partial charge in [-0.15, -0.1) is 0 Å². The molecule has 1 aromatic heterocycles. The molecule has 10 aromatic rings. The van der Waals surface area contributed by atoms with Crippen molar-refractivity contribution in [2.24, 2.45) is 0 Å². The predicted molar refractivity (Wildman–Crippen MR) is 239 cm³/mol. The van der Waals surface area contributed by atoms with Gasteiger partial charge in [0, 0.05) is 22.1 Å². The van der Waals surface area contributed by atoms with Gasteiger partial charge in [0.15, 0.2) is 5.82 Å². The molecule has 11 rings (SSSR count). The molecule has 1 aliphatic carbocycles. The molecule has 0 N–H and O–H groups in total. The molecule has 9 aromatic carbocycles. The van der Waals surface area contributed by atoms with Crippen LogP contribution < -0.4 is 0 Å². The molecule has 268 valence electrons. The Morgan fingerprint density at radius 2 is 0.877 bits per heavy atom. The molecule has 0 amide bonds. The van der Waals surface area contributed by atoms with Crippen LogP contribution in [0, 0.1) is 0 Å². The summed E-state index contributed by atoms with van der Waals surface area (Å²) in [6, 6.07) is 70.0. The zero-order valence-electron chi connectivity index (χ0n) is 31.9. The summed E-state index contributed by atoms with van der Waals surface area (Å²) in [7, 11) is 0. The van der Waals surface area contributed by atoms with Crippen LogP contribution in [0.2, 0.25) is 0 Å². The maximum absolute atomic E-state index is 5.42. The van der Waals surface area contributed by atoms with Crippen LogP contribution in [0.25, 0.3) is 99.6 Å². The highest BCUT2D eigenvalue weighted by atomic mass is 14.9. The Bertz CT molecular complexity index is 3210. The predicted octanol–water partition coefficient (Wildman–Crippen LogP) is 14.6. The molecule has 0 radical (unpaired) electrons. The van der Waals surface area contributed by atoms with Crippen LogP contribution in [0.3, 0.4) is 0 Å². The average Bonchev–Trinajstić information content (AvgIpc) is 3.51. The Hall–Kier alpha value is -7.16. The molecular weight excluding hydrogens is 689 g/mol.